The molecule has 0 spiro atoms. The molecule has 0 saturated heterocycles. The first-order valence-corrected chi connectivity index (χ1v) is 10.1. The highest BCUT2D eigenvalue weighted by Gasteiger charge is 2.15. The highest BCUT2D eigenvalue weighted by atomic mass is 32.2. The molecule has 0 unspecified atom stereocenters. The van der Waals surface area contributed by atoms with Crippen molar-refractivity contribution in [3.63, 3.8) is 0 Å². The van der Waals surface area contributed by atoms with E-state index in [0.717, 1.165) is 33.3 Å². The molecule has 0 aliphatic carbocycles. The number of amides is 1. The summed E-state index contributed by atoms with van der Waals surface area (Å²) in [5, 5.41) is 2.11. The number of carbonyl (C=O) groups excluding carboxylic acids is 1. The highest BCUT2D eigenvalue weighted by Crippen LogP contribution is 2.33. The molecule has 0 fully saturated rings. The Hall–Kier alpha value is -2.74. The third-order valence-corrected chi connectivity index (χ3v) is 5.80. The van der Waals surface area contributed by atoms with Crippen molar-refractivity contribution in [3.05, 3.63) is 36.4 Å². The van der Waals surface area contributed by atoms with Crippen LogP contribution >= 0.6 is 0 Å². The van der Waals surface area contributed by atoms with Crippen LogP contribution < -0.4 is 14.2 Å². The van der Waals surface area contributed by atoms with Crippen LogP contribution in [0.1, 0.15) is 13.3 Å². The summed E-state index contributed by atoms with van der Waals surface area (Å²) >= 11 is 0. The summed E-state index contributed by atoms with van der Waals surface area (Å²) in [5.74, 6) is 0.733. The highest BCUT2D eigenvalue weighted by molar-refractivity contribution is 7.90. The summed E-state index contributed by atoms with van der Waals surface area (Å²) in [5.41, 5.74) is 1.91. The van der Waals surface area contributed by atoms with Crippen LogP contribution in [0.5, 0.6) is 11.5 Å². The number of ether oxygens (including phenoxy) is 2. The summed E-state index contributed by atoms with van der Waals surface area (Å²) in [6, 6.07) is 11.7. The Labute approximate surface area is 157 Å². The van der Waals surface area contributed by atoms with Crippen molar-refractivity contribution in [1.82, 2.24) is 9.29 Å². The first kappa shape index (κ1) is 19.0. The maximum absolute atomic E-state index is 11.9. The van der Waals surface area contributed by atoms with Crippen molar-refractivity contribution >= 4 is 37.7 Å². The number of hydrogen-bond acceptors (Lipinski definition) is 5. The molecule has 0 atom stereocenters. The van der Waals surface area contributed by atoms with E-state index in [-0.39, 0.29) is 5.75 Å². The molecule has 2 aromatic carbocycles. The number of nitrogens with zero attached hydrogens (tertiary/aromatic N) is 1. The average Bonchev–Trinajstić information content (AvgIpc) is 2.92. The lowest BCUT2D eigenvalue weighted by Crippen LogP contribution is -2.30. The molecule has 1 heterocycles. The fraction of sp³-hybridized carbons (Fsp3) is 0.316. The van der Waals surface area contributed by atoms with E-state index >= 15 is 0 Å². The number of methoxy groups -OCH3 is 2. The molecule has 3 aromatic rings. The van der Waals surface area contributed by atoms with Gasteiger partial charge in [-0.25, -0.2) is 8.42 Å². The van der Waals surface area contributed by atoms with Gasteiger partial charge < -0.3 is 14.0 Å². The number of nitrogens with one attached hydrogen (secondary N) is 1. The minimum absolute atomic E-state index is 0.137. The minimum atomic E-state index is -3.63. The first-order valence-electron chi connectivity index (χ1n) is 8.49. The summed E-state index contributed by atoms with van der Waals surface area (Å²) < 4.78 is 38.6. The summed E-state index contributed by atoms with van der Waals surface area (Å²) in [6.07, 6.45) is 0.357. The lowest BCUT2D eigenvalue weighted by atomic mass is 10.1. The van der Waals surface area contributed by atoms with Gasteiger partial charge in [-0.1, -0.05) is 0 Å². The van der Waals surface area contributed by atoms with Gasteiger partial charge in [-0.05, 0) is 30.7 Å². The predicted molar refractivity (Wildman–Crippen MR) is 105 cm³/mol. The Morgan fingerprint density at radius 1 is 1.00 bits per heavy atom. The fourth-order valence-electron chi connectivity index (χ4n) is 3.23. The molecule has 0 aliphatic rings. The van der Waals surface area contributed by atoms with Gasteiger partial charge in [0.05, 0.1) is 31.0 Å². The first-order chi connectivity index (χ1) is 12.8. The molecular formula is C19H22N2O5S. The summed E-state index contributed by atoms with van der Waals surface area (Å²) in [6.45, 7) is 1.65. The molecule has 1 amide bonds. The Kier molecular flexibility index (Phi) is 5.27. The van der Waals surface area contributed by atoms with Gasteiger partial charge in [-0.15, -0.1) is 0 Å². The number of sulfonamides is 1. The van der Waals surface area contributed by atoms with Gasteiger partial charge in [0.2, 0.25) is 15.9 Å². The van der Waals surface area contributed by atoms with Crippen molar-refractivity contribution in [1.29, 1.82) is 0 Å². The van der Waals surface area contributed by atoms with E-state index in [1.165, 1.54) is 6.92 Å². The lowest BCUT2D eigenvalue weighted by molar-refractivity contribution is -0.117. The second-order valence-corrected chi connectivity index (χ2v) is 8.09. The predicted octanol–water partition coefficient (Wildman–Crippen LogP) is 2.67. The second-order valence-electron chi connectivity index (χ2n) is 6.25. The Bertz CT molecular complexity index is 1040. The molecule has 7 nitrogen and oxygen atoms in total. The molecule has 1 N–H and O–H groups in total. The van der Waals surface area contributed by atoms with Crippen LogP contribution in [0.2, 0.25) is 0 Å². The van der Waals surface area contributed by atoms with Gasteiger partial charge in [0.25, 0.3) is 0 Å². The number of aromatic nitrogens is 1. The third-order valence-electron chi connectivity index (χ3n) is 4.38. The molecular weight excluding hydrogens is 368 g/mol. The molecule has 0 aliphatic heterocycles. The van der Waals surface area contributed by atoms with Crippen molar-refractivity contribution < 1.29 is 22.7 Å². The molecule has 0 saturated carbocycles. The van der Waals surface area contributed by atoms with Crippen LogP contribution in [-0.4, -0.2) is 38.9 Å². The molecule has 144 valence electrons. The number of rotatable bonds is 7. The number of fused-ring (bicyclic) bond motifs is 3. The Morgan fingerprint density at radius 2 is 1.52 bits per heavy atom. The van der Waals surface area contributed by atoms with Crippen molar-refractivity contribution in [2.75, 3.05) is 20.0 Å². The van der Waals surface area contributed by atoms with Gasteiger partial charge in [0, 0.05) is 36.4 Å². The van der Waals surface area contributed by atoms with Gasteiger partial charge >= 0.3 is 0 Å². The van der Waals surface area contributed by atoms with Crippen LogP contribution in [0.4, 0.5) is 0 Å². The third kappa shape index (κ3) is 4.00. The van der Waals surface area contributed by atoms with E-state index in [2.05, 4.69) is 4.57 Å². The van der Waals surface area contributed by atoms with Crippen molar-refractivity contribution in [2.45, 2.75) is 19.9 Å². The van der Waals surface area contributed by atoms with Crippen LogP contribution in [0.25, 0.3) is 21.8 Å². The van der Waals surface area contributed by atoms with Gasteiger partial charge in [-0.2, -0.15) is 0 Å². The van der Waals surface area contributed by atoms with E-state index in [1.807, 2.05) is 41.1 Å². The van der Waals surface area contributed by atoms with Crippen LogP contribution in [0.15, 0.2) is 36.4 Å². The number of benzene rings is 2. The topological polar surface area (TPSA) is 86.6 Å². The van der Waals surface area contributed by atoms with Crippen LogP contribution in [0, 0.1) is 0 Å². The zero-order valence-electron chi connectivity index (χ0n) is 15.5. The monoisotopic (exact) mass is 390 g/mol. The van der Waals surface area contributed by atoms with E-state index in [1.54, 1.807) is 14.2 Å². The molecule has 0 bridgehead atoms. The zero-order chi connectivity index (χ0) is 19.6. The fourth-order valence-corrected chi connectivity index (χ4v) is 4.28. The molecule has 27 heavy (non-hydrogen) atoms. The largest absolute Gasteiger partial charge is 0.497 e. The van der Waals surface area contributed by atoms with E-state index in [4.69, 9.17) is 9.47 Å². The maximum atomic E-state index is 11.9. The molecule has 8 heteroatoms. The lowest BCUT2D eigenvalue weighted by Gasteiger charge is -2.10. The average molecular weight is 390 g/mol. The van der Waals surface area contributed by atoms with Crippen LogP contribution in [0.3, 0.4) is 0 Å². The van der Waals surface area contributed by atoms with Gasteiger partial charge in [0.1, 0.15) is 11.5 Å². The maximum Gasteiger partial charge on any atom is 0.234 e. The second kappa shape index (κ2) is 7.48. The molecule has 0 radical (unpaired) electrons. The molecule has 3 rings (SSSR count). The Morgan fingerprint density at radius 3 is 1.96 bits per heavy atom. The smallest absolute Gasteiger partial charge is 0.234 e. The van der Waals surface area contributed by atoms with E-state index < -0.39 is 15.9 Å². The van der Waals surface area contributed by atoms with E-state index in [9.17, 15) is 13.2 Å². The van der Waals surface area contributed by atoms with Gasteiger partial charge in [0.15, 0.2) is 0 Å². The number of aryl methyl sites for hydroxylation is 1. The normalized spacial score (nSPS) is 11.7. The van der Waals surface area contributed by atoms with Crippen molar-refractivity contribution in [2.24, 2.45) is 0 Å². The standard InChI is InChI=1S/C19H22N2O5S/c1-13(22)20-27(23,24)10-4-9-21-18-11-14(25-2)5-7-16(18)17-8-6-15(26-3)12-19(17)21/h5-8,11-12H,4,9-10H2,1-3H3,(H,20,22). The van der Waals surface area contributed by atoms with Gasteiger partial charge in [-0.3, -0.25) is 9.52 Å². The SMILES string of the molecule is COc1ccc2c3ccc(OC)cc3n(CCCS(=O)(=O)NC(C)=O)c2c1. The zero-order valence-corrected chi connectivity index (χ0v) is 16.3. The van der Waals surface area contributed by atoms with Crippen molar-refractivity contribution in [3.8, 4) is 11.5 Å². The van der Waals surface area contributed by atoms with E-state index in [0.29, 0.717) is 13.0 Å². The van der Waals surface area contributed by atoms with Crippen LogP contribution in [-0.2, 0) is 21.4 Å². The number of hydrogen-bond donors (Lipinski definition) is 1. The summed E-state index contributed by atoms with van der Waals surface area (Å²) in [7, 11) is -0.412. The molecule has 1 aromatic heterocycles. The summed E-state index contributed by atoms with van der Waals surface area (Å²) in [4.78, 5) is 11.0. The minimum Gasteiger partial charge on any atom is -0.497 e. The Balaban J connectivity index is 2.01. The quantitative estimate of drug-likeness (QED) is 0.670. The number of carbonyl (C=O) groups is 1.